The number of hydrogen-bond donors (Lipinski definition) is 0. The van der Waals surface area contributed by atoms with Crippen molar-refractivity contribution in [1.29, 1.82) is 0 Å². The fourth-order valence-corrected chi connectivity index (χ4v) is 15.3. The Morgan fingerprint density at radius 1 is 0.255 bits per heavy atom. The maximum Gasteiger partial charge on any atom is -0.0156 e. The zero-order valence-electron chi connectivity index (χ0n) is 75.2. The minimum atomic E-state index is 0.387. The van der Waals surface area contributed by atoms with Crippen LogP contribution in [0.2, 0.25) is 0 Å². The van der Waals surface area contributed by atoms with Gasteiger partial charge in [0.15, 0.2) is 0 Å². The van der Waals surface area contributed by atoms with Crippen LogP contribution in [0.1, 0.15) is 392 Å². The van der Waals surface area contributed by atoms with Gasteiger partial charge in [0.25, 0.3) is 0 Å². The first-order valence-electron chi connectivity index (χ1n) is 44.2. The molecule has 0 heterocycles. The standard InChI is InChI=1S/C21H36.C19H32.C18H28.C17H28.C16H26.C15H24/c1-16(20(3,4)5)14-19(15-17(2)21(6,7)8)18-12-10-9-11-13-18;1-14(2)16(5)12-19(13-17(6)15(3)4)18-10-8-7-9-11-18;1-3-16(18-11-5-4-6-12-18)14-13-15(2)17-9-7-8-10-17;1-6-15(16-10-8-7-9-11-16)13-12-14(2)17(3,4)5;1-5-15(12-11-14(4)13(2)3)16-9-7-6-8-10-16;1-12(2)10-15(11-13(3)4)14-8-6-5-7-9-14/h9-13,16-17,19H,14-15H2,1-8H3;7-11,14-17,19H,12-13H2,1-6H3;4-6,11-12,15-17H,3,7-10,13-14H2,1-2H3;7-11,14-15H,6,12-13H2,1-5H3;6-10,13-15H,5,11-12H2,1-4H3;5-9,12-13,15H,10-11H2,1-4H3/t2*16-,17+,19?;15-,16?;2*14-,15?;/m..111./s1. The van der Waals surface area contributed by atoms with E-state index in [0.717, 1.165) is 107 Å². The second-order valence-corrected chi connectivity index (χ2v) is 39.3. The third kappa shape index (κ3) is 40.8. The molecule has 1 aliphatic rings. The Morgan fingerprint density at radius 2 is 0.491 bits per heavy atom. The number of benzene rings is 6. The molecule has 5 unspecified atom stereocenters. The fraction of sp³-hybridized carbons (Fsp3) is 0.660. The van der Waals surface area contributed by atoms with Crippen molar-refractivity contribution in [2.75, 3.05) is 0 Å². The number of rotatable bonds is 34. The van der Waals surface area contributed by atoms with Gasteiger partial charge in [0.05, 0.1) is 0 Å². The van der Waals surface area contributed by atoms with Crippen molar-refractivity contribution in [3.63, 3.8) is 0 Å². The van der Waals surface area contributed by atoms with Crippen LogP contribution in [0.25, 0.3) is 0 Å². The molecule has 1 saturated carbocycles. The molecule has 0 aromatic heterocycles. The zero-order valence-corrected chi connectivity index (χ0v) is 75.2. The average Bonchev–Trinajstić information content (AvgIpc) is 1.01. The smallest absolute Gasteiger partial charge is 0.0156 e. The Hall–Kier alpha value is -4.68. The van der Waals surface area contributed by atoms with Crippen molar-refractivity contribution < 1.29 is 0 Å². The van der Waals surface area contributed by atoms with Gasteiger partial charge in [0, 0.05) is 0 Å². The first-order chi connectivity index (χ1) is 49.9. The fourth-order valence-electron chi connectivity index (χ4n) is 15.3. The van der Waals surface area contributed by atoms with Crippen LogP contribution < -0.4 is 0 Å². The molecule has 0 bridgehead atoms. The lowest BCUT2D eigenvalue weighted by atomic mass is 9.70. The zero-order chi connectivity index (χ0) is 79.6. The monoisotopic (exact) mass is 1450 g/mol. The molecule has 6 aromatic rings. The van der Waals surface area contributed by atoms with E-state index in [1.54, 1.807) is 5.56 Å². The topological polar surface area (TPSA) is 0 Å². The van der Waals surface area contributed by atoms with Crippen LogP contribution in [0.4, 0.5) is 0 Å². The molecule has 7 rings (SSSR count). The Labute approximate surface area is 662 Å². The second kappa shape index (κ2) is 52.5. The first kappa shape index (κ1) is 97.4. The van der Waals surface area contributed by atoms with E-state index in [1.165, 1.54) is 150 Å². The van der Waals surface area contributed by atoms with Crippen molar-refractivity contribution in [1.82, 2.24) is 0 Å². The second-order valence-electron chi connectivity index (χ2n) is 39.3. The van der Waals surface area contributed by atoms with Crippen LogP contribution >= 0.6 is 0 Å². The van der Waals surface area contributed by atoms with E-state index in [2.05, 4.69) is 383 Å². The van der Waals surface area contributed by atoms with E-state index in [9.17, 15) is 0 Å². The molecule has 6 aromatic carbocycles. The summed E-state index contributed by atoms with van der Waals surface area (Å²) in [6, 6.07) is 66.2. The van der Waals surface area contributed by atoms with Crippen molar-refractivity contribution in [2.24, 2.45) is 93.2 Å². The van der Waals surface area contributed by atoms with Gasteiger partial charge in [-0.3, -0.25) is 0 Å². The molecule has 106 heavy (non-hydrogen) atoms. The molecule has 0 saturated heterocycles. The summed E-state index contributed by atoms with van der Waals surface area (Å²) in [5.41, 5.74) is 10.3. The lowest BCUT2D eigenvalue weighted by Gasteiger charge is -2.35. The highest BCUT2D eigenvalue weighted by atomic mass is 14.4. The van der Waals surface area contributed by atoms with Gasteiger partial charge in [0.2, 0.25) is 0 Å². The van der Waals surface area contributed by atoms with Crippen LogP contribution in [0.3, 0.4) is 0 Å². The quantitative estimate of drug-likeness (QED) is 0.0378. The summed E-state index contributed by atoms with van der Waals surface area (Å²) < 4.78 is 0. The van der Waals surface area contributed by atoms with Gasteiger partial charge >= 0.3 is 0 Å². The van der Waals surface area contributed by atoms with E-state index < -0.39 is 0 Å². The summed E-state index contributed by atoms with van der Waals surface area (Å²) in [6.07, 6.45) is 25.7. The van der Waals surface area contributed by atoms with E-state index in [0.29, 0.717) is 22.2 Å². The Bertz CT molecular complexity index is 2910. The third-order valence-electron chi connectivity index (χ3n) is 26.1. The highest BCUT2D eigenvalue weighted by Crippen LogP contribution is 2.43. The van der Waals surface area contributed by atoms with Crippen LogP contribution in [-0.2, 0) is 0 Å². The van der Waals surface area contributed by atoms with E-state index in [-0.39, 0.29) is 0 Å². The van der Waals surface area contributed by atoms with Crippen molar-refractivity contribution in [2.45, 2.75) is 358 Å². The van der Waals surface area contributed by atoms with E-state index >= 15 is 0 Å². The van der Waals surface area contributed by atoms with Crippen LogP contribution in [0, 0.1) is 93.2 Å². The van der Waals surface area contributed by atoms with Crippen molar-refractivity contribution in [3.8, 4) is 0 Å². The summed E-state index contributed by atoms with van der Waals surface area (Å²) in [6.45, 7) is 68.4. The molecule has 0 amide bonds. The van der Waals surface area contributed by atoms with Crippen molar-refractivity contribution in [3.05, 3.63) is 215 Å². The van der Waals surface area contributed by atoms with Gasteiger partial charge in [-0.25, -0.2) is 0 Å². The molecule has 0 N–H and O–H groups in total. The average molecular weight is 1450 g/mol. The molecule has 0 heteroatoms. The highest BCUT2D eigenvalue weighted by molar-refractivity contribution is 5.24. The summed E-state index contributed by atoms with van der Waals surface area (Å²) >= 11 is 0. The van der Waals surface area contributed by atoms with Crippen LogP contribution in [-0.4, -0.2) is 0 Å². The minimum absolute atomic E-state index is 0.387. The highest BCUT2D eigenvalue weighted by Gasteiger charge is 2.30. The van der Waals surface area contributed by atoms with Crippen LogP contribution in [0.15, 0.2) is 182 Å². The summed E-state index contributed by atoms with van der Waals surface area (Å²) in [4.78, 5) is 0. The SMILES string of the molecule is CC(C)CC(CC(C)C)c1ccccc1.CC(C)[C@H](C)CC(C[C@H](C)C(C)C)c1ccccc1.CCC(CC[C@@H](C)C(C)(C)C)c1ccccc1.CCC(CC[C@@H](C)C(C)C)c1ccccc1.CCC(CC[C@@H](C)C1CCCC1)c1ccccc1.C[C@H](CC(C[C@H](C)C(C)(C)C)c1ccccc1)C(C)(C)C. The predicted octanol–water partition coefficient (Wildman–Crippen LogP) is 34.6. The Balaban J connectivity index is 0.000000433. The lowest BCUT2D eigenvalue weighted by molar-refractivity contribution is 0.192. The number of hydrogen-bond acceptors (Lipinski definition) is 0. The molecule has 0 nitrogen and oxygen atoms in total. The van der Waals surface area contributed by atoms with Gasteiger partial charge in [-0.2, -0.15) is 0 Å². The molecule has 1 aliphatic carbocycles. The molecule has 0 radical (unpaired) electrons. The molecule has 12 atom stereocenters. The molecular formula is C106H174. The molecule has 0 aliphatic heterocycles. The summed E-state index contributed by atoms with van der Waals surface area (Å²) in [5, 5.41) is 0. The van der Waals surface area contributed by atoms with Crippen LogP contribution in [0.5, 0.6) is 0 Å². The largest absolute Gasteiger partial charge is 0.0648 e. The first-order valence-corrected chi connectivity index (χ1v) is 44.2. The summed E-state index contributed by atoms with van der Waals surface area (Å²) in [7, 11) is 0. The Kier molecular flexibility index (Phi) is 48.2. The molecule has 598 valence electrons. The van der Waals surface area contributed by atoms with Gasteiger partial charge in [-0.15, -0.1) is 0 Å². The minimum Gasteiger partial charge on any atom is -0.0648 e. The third-order valence-corrected chi connectivity index (χ3v) is 26.1. The van der Waals surface area contributed by atoms with Gasteiger partial charge < -0.3 is 0 Å². The maximum atomic E-state index is 2.48. The summed E-state index contributed by atoms with van der Waals surface area (Å²) in [5.74, 6) is 15.0. The molecular weight excluding hydrogens is 1270 g/mol. The van der Waals surface area contributed by atoms with Gasteiger partial charge in [-0.05, 0) is 258 Å². The lowest BCUT2D eigenvalue weighted by Crippen LogP contribution is -2.24. The maximum absolute atomic E-state index is 2.48. The predicted molar refractivity (Wildman–Crippen MR) is 480 cm³/mol. The van der Waals surface area contributed by atoms with Gasteiger partial charge in [-0.1, -0.05) is 408 Å². The van der Waals surface area contributed by atoms with E-state index in [1.807, 2.05) is 0 Å². The molecule has 0 spiro atoms. The Morgan fingerprint density at radius 3 is 0.736 bits per heavy atom. The molecule has 1 fully saturated rings. The van der Waals surface area contributed by atoms with Crippen molar-refractivity contribution >= 4 is 0 Å². The van der Waals surface area contributed by atoms with Gasteiger partial charge in [0.1, 0.15) is 0 Å². The van der Waals surface area contributed by atoms with E-state index in [4.69, 9.17) is 0 Å². The normalized spacial score (nSPS) is 16.2.